The molecular weight excluding hydrogens is 190 g/mol. The number of rotatable bonds is 4. The summed E-state index contributed by atoms with van der Waals surface area (Å²) in [4.78, 5) is 0. The highest BCUT2D eigenvalue weighted by Gasteiger charge is 2.23. The third kappa shape index (κ3) is 3.82. The van der Waals surface area contributed by atoms with Crippen LogP contribution in [0.3, 0.4) is 0 Å². The molecule has 0 aromatic heterocycles. The Morgan fingerprint density at radius 1 is 1.29 bits per heavy atom. The van der Waals surface area contributed by atoms with Crippen LogP contribution in [0, 0.1) is 0 Å². The van der Waals surface area contributed by atoms with Gasteiger partial charge in [0.2, 0.25) is 0 Å². The SMILES string of the molecule is CCC(C)SC1CCCCCC1NC. The molecule has 1 aliphatic rings. The van der Waals surface area contributed by atoms with Crippen LogP contribution < -0.4 is 5.32 Å². The number of hydrogen-bond acceptors (Lipinski definition) is 2. The van der Waals surface area contributed by atoms with Crippen LogP contribution in [0.4, 0.5) is 0 Å². The molecule has 84 valence electrons. The van der Waals surface area contributed by atoms with Crippen LogP contribution in [0.1, 0.15) is 52.4 Å². The molecule has 1 nitrogen and oxygen atoms in total. The Morgan fingerprint density at radius 2 is 2.00 bits per heavy atom. The summed E-state index contributed by atoms with van der Waals surface area (Å²) in [6, 6.07) is 0.761. The second kappa shape index (κ2) is 6.73. The Bertz CT molecular complexity index is 149. The van der Waals surface area contributed by atoms with E-state index in [2.05, 4.69) is 38.0 Å². The fourth-order valence-corrected chi connectivity index (χ4v) is 3.72. The van der Waals surface area contributed by atoms with Crippen LogP contribution in [0.2, 0.25) is 0 Å². The van der Waals surface area contributed by atoms with E-state index in [1.807, 2.05) is 0 Å². The van der Waals surface area contributed by atoms with Gasteiger partial charge in [0.25, 0.3) is 0 Å². The van der Waals surface area contributed by atoms with E-state index in [0.29, 0.717) is 0 Å². The summed E-state index contributed by atoms with van der Waals surface area (Å²) in [6.07, 6.45) is 8.40. The average molecular weight is 215 g/mol. The molecular formula is C12H25NS. The van der Waals surface area contributed by atoms with Crippen LogP contribution >= 0.6 is 11.8 Å². The van der Waals surface area contributed by atoms with Crippen molar-refractivity contribution in [2.45, 2.75) is 68.9 Å². The maximum absolute atomic E-state index is 3.50. The minimum Gasteiger partial charge on any atom is -0.316 e. The molecule has 0 aromatic rings. The molecule has 0 radical (unpaired) electrons. The Labute approximate surface area is 93.4 Å². The molecule has 1 aliphatic carbocycles. The smallest absolute Gasteiger partial charge is 0.0203 e. The van der Waals surface area contributed by atoms with Gasteiger partial charge in [-0.15, -0.1) is 0 Å². The summed E-state index contributed by atoms with van der Waals surface area (Å²) in [7, 11) is 2.13. The lowest BCUT2D eigenvalue weighted by molar-refractivity contribution is 0.509. The maximum Gasteiger partial charge on any atom is 0.0203 e. The van der Waals surface area contributed by atoms with E-state index >= 15 is 0 Å². The molecule has 1 fully saturated rings. The zero-order valence-electron chi connectivity index (χ0n) is 9.88. The van der Waals surface area contributed by atoms with Gasteiger partial charge in [0.1, 0.15) is 0 Å². The van der Waals surface area contributed by atoms with Crippen molar-refractivity contribution in [2.75, 3.05) is 7.05 Å². The van der Waals surface area contributed by atoms with E-state index in [-0.39, 0.29) is 0 Å². The van der Waals surface area contributed by atoms with E-state index in [1.54, 1.807) is 0 Å². The standard InChI is InChI=1S/C12H25NS/c1-4-10(2)14-12-9-7-5-6-8-11(12)13-3/h10-13H,4-9H2,1-3H3. The monoisotopic (exact) mass is 215 g/mol. The Balaban J connectivity index is 2.43. The molecule has 0 saturated heterocycles. The molecule has 1 rings (SSSR count). The number of thioether (sulfide) groups is 1. The lowest BCUT2D eigenvalue weighted by Crippen LogP contribution is -2.35. The third-order valence-electron chi connectivity index (χ3n) is 3.31. The lowest BCUT2D eigenvalue weighted by Gasteiger charge is -2.26. The molecule has 3 unspecified atom stereocenters. The van der Waals surface area contributed by atoms with Crippen molar-refractivity contribution >= 4 is 11.8 Å². The Hall–Kier alpha value is 0.310. The van der Waals surface area contributed by atoms with Crippen molar-refractivity contribution in [3.8, 4) is 0 Å². The zero-order valence-corrected chi connectivity index (χ0v) is 10.7. The predicted octanol–water partition coefficient (Wildman–Crippen LogP) is 3.44. The Morgan fingerprint density at radius 3 is 2.64 bits per heavy atom. The van der Waals surface area contributed by atoms with E-state index in [0.717, 1.165) is 16.5 Å². The summed E-state index contributed by atoms with van der Waals surface area (Å²) in [5.41, 5.74) is 0. The van der Waals surface area contributed by atoms with Gasteiger partial charge < -0.3 is 5.32 Å². The number of nitrogens with one attached hydrogen (secondary N) is 1. The summed E-state index contributed by atoms with van der Waals surface area (Å²) >= 11 is 2.20. The van der Waals surface area contributed by atoms with Crippen molar-refractivity contribution in [2.24, 2.45) is 0 Å². The first-order chi connectivity index (χ1) is 6.77. The van der Waals surface area contributed by atoms with Crippen LogP contribution in [-0.4, -0.2) is 23.6 Å². The Kier molecular flexibility index (Phi) is 5.95. The molecule has 0 heterocycles. The van der Waals surface area contributed by atoms with Gasteiger partial charge in [0.15, 0.2) is 0 Å². The van der Waals surface area contributed by atoms with E-state index < -0.39 is 0 Å². The molecule has 2 heteroatoms. The molecule has 0 spiro atoms. The second-order valence-corrected chi connectivity index (χ2v) is 6.11. The topological polar surface area (TPSA) is 12.0 Å². The van der Waals surface area contributed by atoms with Gasteiger partial charge in [-0.25, -0.2) is 0 Å². The van der Waals surface area contributed by atoms with Gasteiger partial charge in [-0.1, -0.05) is 33.1 Å². The normalized spacial score (nSPS) is 31.1. The average Bonchev–Trinajstić information content (AvgIpc) is 2.42. The van der Waals surface area contributed by atoms with Gasteiger partial charge in [-0.2, -0.15) is 11.8 Å². The summed E-state index contributed by atoms with van der Waals surface area (Å²) < 4.78 is 0. The van der Waals surface area contributed by atoms with Gasteiger partial charge in [0.05, 0.1) is 0 Å². The van der Waals surface area contributed by atoms with Crippen LogP contribution in [0.25, 0.3) is 0 Å². The van der Waals surface area contributed by atoms with E-state index in [4.69, 9.17) is 0 Å². The molecule has 0 amide bonds. The highest BCUT2D eigenvalue weighted by molar-refractivity contribution is 8.00. The first-order valence-corrected chi connectivity index (χ1v) is 7.05. The molecule has 0 bridgehead atoms. The van der Waals surface area contributed by atoms with Crippen molar-refractivity contribution in [1.82, 2.24) is 5.32 Å². The summed E-state index contributed by atoms with van der Waals surface area (Å²) in [6.45, 7) is 4.66. The lowest BCUT2D eigenvalue weighted by atomic mass is 10.1. The van der Waals surface area contributed by atoms with Gasteiger partial charge in [0, 0.05) is 16.5 Å². The van der Waals surface area contributed by atoms with Crippen molar-refractivity contribution in [1.29, 1.82) is 0 Å². The minimum absolute atomic E-state index is 0.761. The fraction of sp³-hybridized carbons (Fsp3) is 1.00. The van der Waals surface area contributed by atoms with Gasteiger partial charge in [-0.05, 0) is 26.3 Å². The maximum atomic E-state index is 3.50. The molecule has 3 atom stereocenters. The third-order valence-corrected chi connectivity index (χ3v) is 5.02. The van der Waals surface area contributed by atoms with E-state index in [9.17, 15) is 0 Å². The molecule has 14 heavy (non-hydrogen) atoms. The summed E-state index contributed by atoms with van der Waals surface area (Å²) in [5, 5.41) is 5.19. The molecule has 0 aromatic carbocycles. The molecule has 1 saturated carbocycles. The first kappa shape index (κ1) is 12.4. The van der Waals surface area contributed by atoms with Crippen LogP contribution in [0.15, 0.2) is 0 Å². The minimum atomic E-state index is 0.761. The van der Waals surface area contributed by atoms with Gasteiger partial charge in [-0.3, -0.25) is 0 Å². The van der Waals surface area contributed by atoms with Crippen molar-refractivity contribution < 1.29 is 0 Å². The van der Waals surface area contributed by atoms with Crippen LogP contribution in [-0.2, 0) is 0 Å². The van der Waals surface area contributed by atoms with Crippen molar-refractivity contribution in [3.05, 3.63) is 0 Å². The highest BCUT2D eigenvalue weighted by atomic mass is 32.2. The second-order valence-electron chi connectivity index (χ2n) is 4.43. The van der Waals surface area contributed by atoms with Crippen LogP contribution in [0.5, 0.6) is 0 Å². The van der Waals surface area contributed by atoms with E-state index in [1.165, 1.54) is 38.5 Å². The van der Waals surface area contributed by atoms with Crippen molar-refractivity contribution in [3.63, 3.8) is 0 Å². The molecule has 1 N–H and O–H groups in total. The predicted molar refractivity (Wildman–Crippen MR) is 67.1 cm³/mol. The molecule has 0 aliphatic heterocycles. The first-order valence-electron chi connectivity index (χ1n) is 6.10. The fourth-order valence-electron chi connectivity index (χ4n) is 2.16. The quantitative estimate of drug-likeness (QED) is 0.721. The highest BCUT2D eigenvalue weighted by Crippen LogP contribution is 2.31. The summed E-state index contributed by atoms with van der Waals surface area (Å²) in [5.74, 6) is 0. The zero-order chi connectivity index (χ0) is 10.4. The van der Waals surface area contributed by atoms with Gasteiger partial charge >= 0.3 is 0 Å². The largest absolute Gasteiger partial charge is 0.316 e. The number of hydrogen-bond donors (Lipinski definition) is 1.